The van der Waals surface area contributed by atoms with E-state index in [1.807, 2.05) is 12.1 Å². The van der Waals surface area contributed by atoms with E-state index in [1.165, 1.54) is 0 Å². The van der Waals surface area contributed by atoms with Gasteiger partial charge in [-0.3, -0.25) is 19.3 Å². The second-order valence-corrected chi connectivity index (χ2v) is 10.3. The van der Waals surface area contributed by atoms with Gasteiger partial charge in [-0.05, 0) is 81.3 Å². The molecule has 8 nitrogen and oxygen atoms in total. The number of carbonyl (C=O) groups excluding carboxylic acids is 3. The van der Waals surface area contributed by atoms with E-state index in [1.54, 1.807) is 54.6 Å². The summed E-state index contributed by atoms with van der Waals surface area (Å²) in [6.45, 7) is 0.0749. The normalized spacial score (nSPS) is 15.4. The molecule has 2 heterocycles. The molecule has 0 aromatic heterocycles. The van der Waals surface area contributed by atoms with E-state index >= 15 is 0 Å². The van der Waals surface area contributed by atoms with Crippen LogP contribution in [0.1, 0.15) is 11.1 Å². The summed E-state index contributed by atoms with van der Waals surface area (Å²) < 4.78 is 17.1. The summed E-state index contributed by atoms with van der Waals surface area (Å²) in [5, 5.41) is 2.81. The van der Waals surface area contributed by atoms with Gasteiger partial charge in [-0.1, -0.05) is 29.8 Å². The summed E-state index contributed by atoms with van der Waals surface area (Å²) in [5.41, 5.74) is 2.14. The number of carbonyl (C=O) groups is 3. The number of amides is 3. The van der Waals surface area contributed by atoms with Crippen LogP contribution in [0.25, 0.3) is 6.08 Å². The molecule has 3 aromatic rings. The largest absolute Gasteiger partial charge is 0.488 e. The SMILES string of the molecule is O=C(CN1C(=O)S/C(=C/c2ccc(OCc3ccc(Cl)cc3)c(Br)c2)C1=O)Nc1ccc2c(c1)OCO2. The Morgan fingerprint density at radius 3 is 2.65 bits per heavy atom. The number of hydrogen-bond acceptors (Lipinski definition) is 7. The third-order valence-electron chi connectivity index (χ3n) is 5.39. The highest BCUT2D eigenvalue weighted by molar-refractivity contribution is 9.10. The van der Waals surface area contributed by atoms with Gasteiger partial charge < -0.3 is 19.5 Å². The van der Waals surface area contributed by atoms with Crippen LogP contribution in [0.5, 0.6) is 17.2 Å². The minimum atomic E-state index is -0.532. The second kappa shape index (κ2) is 10.9. The number of imide groups is 1. The highest BCUT2D eigenvalue weighted by Gasteiger charge is 2.36. The first-order valence-corrected chi connectivity index (χ1v) is 13.0. The average Bonchev–Trinajstić information content (AvgIpc) is 3.44. The molecule has 0 saturated carbocycles. The van der Waals surface area contributed by atoms with Crippen LogP contribution in [0.4, 0.5) is 10.5 Å². The quantitative estimate of drug-likeness (QED) is 0.328. The van der Waals surface area contributed by atoms with Crippen LogP contribution in [-0.4, -0.2) is 35.3 Å². The fourth-order valence-electron chi connectivity index (χ4n) is 3.57. The van der Waals surface area contributed by atoms with Crippen LogP contribution in [0.2, 0.25) is 5.02 Å². The number of nitrogens with zero attached hydrogens (tertiary/aromatic N) is 1. The number of nitrogens with one attached hydrogen (secondary N) is 1. The highest BCUT2D eigenvalue weighted by Crippen LogP contribution is 2.35. The molecule has 188 valence electrons. The summed E-state index contributed by atoms with van der Waals surface area (Å²) in [6, 6.07) is 17.7. The molecule has 0 spiro atoms. The number of thioether (sulfide) groups is 1. The highest BCUT2D eigenvalue weighted by atomic mass is 79.9. The number of benzene rings is 3. The molecular weight excluding hydrogens is 584 g/mol. The maximum absolute atomic E-state index is 12.9. The minimum Gasteiger partial charge on any atom is -0.488 e. The lowest BCUT2D eigenvalue weighted by molar-refractivity contribution is -0.127. The molecular formula is C26H18BrClN2O6S. The van der Waals surface area contributed by atoms with E-state index in [9.17, 15) is 14.4 Å². The monoisotopic (exact) mass is 600 g/mol. The van der Waals surface area contributed by atoms with Crippen molar-refractivity contribution in [1.82, 2.24) is 4.90 Å². The molecule has 2 aliphatic heterocycles. The van der Waals surface area contributed by atoms with Crippen LogP contribution >= 0.6 is 39.3 Å². The Bertz CT molecular complexity index is 1430. The van der Waals surface area contributed by atoms with E-state index in [4.69, 9.17) is 25.8 Å². The standard InChI is InChI=1S/C26H18BrClN2O6S/c27-19-9-16(3-7-20(19)34-13-15-1-4-17(28)5-2-15)10-23-25(32)30(26(33)37-23)12-24(31)29-18-6-8-21-22(11-18)36-14-35-21/h1-11H,12-14H2,(H,29,31)/b23-10+. The van der Waals surface area contributed by atoms with Gasteiger partial charge in [-0.2, -0.15) is 0 Å². The Labute approximate surface area is 229 Å². The lowest BCUT2D eigenvalue weighted by Crippen LogP contribution is -2.36. The molecule has 3 amide bonds. The number of anilines is 1. The maximum atomic E-state index is 12.9. The van der Waals surface area contributed by atoms with E-state index in [0.717, 1.165) is 22.2 Å². The number of rotatable bonds is 7. The number of halogens is 2. The molecule has 0 unspecified atom stereocenters. The predicted molar refractivity (Wildman–Crippen MR) is 144 cm³/mol. The smallest absolute Gasteiger partial charge is 0.294 e. The molecule has 1 N–H and O–H groups in total. The van der Waals surface area contributed by atoms with Crippen molar-refractivity contribution in [2.45, 2.75) is 6.61 Å². The molecule has 37 heavy (non-hydrogen) atoms. The Kier molecular flexibility index (Phi) is 7.40. The van der Waals surface area contributed by atoms with Gasteiger partial charge in [0, 0.05) is 16.8 Å². The summed E-state index contributed by atoms with van der Waals surface area (Å²) >= 11 is 10.2. The average molecular weight is 602 g/mol. The Balaban J connectivity index is 1.21. The second-order valence-electron chi connectivity index (χ2n) is 7.99. The van der Waals surface area contributed by atoms with Gasteiger partial charge in [0.05, 0.1) is 9.38 Å². The molecule has 0 atom stereocenters. The van der Waals surface area contributed by atoms with Crippen molar-refractivity contribution < 1.29 is 28.6 Å². The molecule has 1 fully saturated rings. The lowest BCUT2D eigenvalue weighted by atomic mass is 10.2. The van der Waals surface area contributed by atoms with Crippen LogP contribution < -0.4 is 19.5 Å². The number of hydrogen-bond donors (Lipinski definition) is 1. The predicted octanol–water partition coefficient (Wildman–Crippen LogP) is 6.09. The van der Waals surface area contributed by atoms with Crippen LogP contribution in [0, 0.1) is 0 Å². The van der Waals surface area contributed by atoms with Gasteiger partial charge in [0.25, 0.3) is 11.1 Å². The van der Waals surface area contributed by atoms with E-state index in [0.29, 0.717) is 44.6 Å². The van der Waals surface area contributed by atoms with Crippen LogP contribution in [-0.2, 0) is 16.2 Å². The Hall–Kier alpha value is -3.47. The van der Waals surface area contributed by atoms with Crippen molar-refractivity contribution in [3.63, 3.8) is 0 Å². The topological polar surface area (TPSA) is 94.2 Å². The zero-order valence-electron chi connectivity index (χ0n) is 19.0. The van der Waals surface area contributed by atoms with Crippen molar-refractivity contribution in [1.29, 1.82) is 0 Å². The van der Waals surface area contributed by atoms with Crippen molar-refractivity contribution in [2.75, 3.05) is 18.7 Å². The third-order valence-corrected chi connectivity index (χ3v) is 7.17. The van der Waals surface area contributed by atoms with Crippen LogP contribution in [0.3, 0.4) is 0 Å². The third kappa shape index (κ3) is 5.93. The van der Waals surface area contributed by atoms with Gasteiger partial charge in [-0.15, -0.1) is 0 Å². The molecule has 1 saturated heterocycles. The first-order valence-electron chi connectivity index (χ1n) is 11.0. The van der Waals surface area contributed by atoms with Crippen molar-refractivity contribution in [3.8, 4) is 17.2 Å². The first-order chi connectivity index (χ1) is 17.9. The number of fused-ring (bicyclic) bond motifs is 1. The minimum absolute atomic E-state index is 0.117. The molecule has 11 heteroatoms. The summed E-state index contributed by atoms with van der Waals surface area (Å²) in [4.78, 5) is 39.0. The molecule has 0 bridgehead atoms. The molecule has 0 radical (unpaired) electrons. The zero-order chi connectivity index (χ0) is 25.9. The van der Waals surface area contributed by atoms with E-state index in [-0.39, 0.29) is 11.7 Å². The Morgan fingerprint density at radius 1 is 1.08 bits per heavy atom. The van der Waals surface area contributed by atoms with Gasteiger partial charge >= 0.3 is 0 Å². The van der Waals surface area contributed by atoms with Gasteiger partial charge in [-0.25, -0.2) is 0 Å². The number of ether oxygens (including phenoxy) is 3. The maximum Gasteiger partial charge on any atom is 0.294 e. The zero-order valence-corrected chi connectivity index (χ0v) is 22.2. The fourth-order valence-corrected chi connectivity index (χ4v) is 5.05. The lowest BCUT2D eigenvalue weighted by Gasteiger charge is -2.12. The summed E-state index contributed by atoms with van der Waals surface area (Å²) in [7, 11) is 0. The van der Waals surface area contributed by atoms with Crippen molar-refractivity contribution in [2.24, 2.45) is 0 Å². The summed E-state index contributed by atoms with van der Waals surface area (Å²) in [6.07, 6.45) is 1.61. The van der Waals surface area contributed by atoms with Crippen molar-refractivity contribution >= 4 is 68.1 Å². The fraction of sp³-hybridized carbons (Fsp3) is 0.115. The van der Waals surface area contributed by atoms with E-state index < -0.39 is 23.6 Å². The van der Waals surface area contributed by atoms with Crippen molar-refractivity contribution in [3.05, 3.63) is 86.2 Å². The van der Waals surface area contributed by atoms with Gasteiger partial charge in [0.1, 0.15) is 18.9 Å². The molecule has 3 aromatic carbocycles. The van der Waals surface area contributed by atoms with Crippen LogP contribution in [0.15, 0.2) is 70.0 Å². The van der Waals surface area contributed by atoms with Gasteiger partial charge in [0.15, 0.2) is 11.5 Å². The molecule has 2 aliphatic rings. The van der Waals surface area contributed by atoms with Gasteiger partial charge in [0.2, 0.25) is 12.7 Å². The molecule has 5 rings (SSSR count). The molecule has 0 aliphatic carbocycles. The summed E-state index contributed by atoms with van der Waals surface area (Å²) in [5.74, 6) is 0.684. The first kappa shape index (κ1) is 25.2. The van der Waals surface area contributed by atoms with E-state index in [2.05, 4.69) is 21.2 Å². The Morgan fingerprint density at radius 2 is 1.86 bits per heavy atom.